The van der Waals surface area contributed by atoms with Gasteiger partial charge in [-0.25, -0.2) is 4.63 Å². The third-order valence-corrected chi connectivity index (χ3v) is 2.33. The zero-order valence-corrected chi connectivity index (χ0v) is 9.35. The van der Waals surface area contributed by atoms with E-state index >= 15 is 0 Å². The second-order valence-electron chi connectivity index (χ2n) is 4.24. The summed E-state index contributed by atoms with van der Waals surface area (Å²) in [4.78, 5) is 0. The minimum Gasteiger partial charge on any atom is -0.243 e. The molecule has 5 heteroatoms. The van der Waals surface area contributed by atoms with Crippen molar-refractivity contribution in [1.82, 2.24) is 20.5 Å². The highest BCUT2D eigenvalue weighted by atomic mass is 16.6. The summed E-state index contributed by atoms with van der Waals surface area (Å²) in [5, 5.41) is 16.2. The number of rotatable bonds is 2. The van der Waals surface area contributed by atoms with E-state index in [9.17, 15) is 0 Å². The quantitative estimate of drug-likeness (QED) is 0.754. The number of hydrogen-bond donors (Lipinski definition) is 0. The number of nitrogens with zero attached hydrogens (tertiary/aromatic N) is 4. The Hall–Kier alpha value is -1.52. The molecular weight excluding hydrogens is 192 g/mol. The summed E-state index contributed by atoms with van der Waals surface area (Å²) in [7, 11) is 0. The molecule has 2 rings (SSSR count). The maximum atomic E-state index is 4.77. The van der Waals surface area contributed by atoms with E-state index in [2.05, 4.69) is 20.5 Å². The van der Waals surface area contributed by atoms with Gasteiger partial charge >= 0.3 is 0 Å². The van der Waals surface area contributed by atoms with E-state index < -0.39 is 0 Å². The Kier molecular flexibility index (Phi) is 2.38. The highest BCUT2D eigenvalue weighted by molar-refractivity contribution is 5.78. The van der Waals surface area contributed by atoms with E-state index in [0.717, 1.165) is 22.4 Å². The van der Waals surface area contributed by atoms with E-state index in [0.29, 0.717) is 0 Å². The summed E-state index contributed by atoms with van der Waals surface area (Å²) in [6.07, 6.45) is 0. The van der Waals surface area contributed by atoms with Gasteiger partial charge in [0.1, 0.15) is 0 Å². The molecular formula is C10H14N4O. The molecule has 0 aliphatic heterocycles. The van der Waals surface area contributed by atoms with Crippen molar-refractivity contribution in [2.75, 3.05) is 0 Å². The maximum Gasteiger partial charge on any atom is 0.160 e. The lowest BCUT2D eigenvalue weighted by Crippen LogP contribution is -2.03. The van der Waals surface area contributed by atoms with Crippen molar-refractivity contribution in [3.63, 3.8) is 0 Å². The molecule has 0 spiro atoms. The zero-order chi connectivity index (χ0) is 11.0. The van der Waals surface area contributed by atoms with Gasteiger partial charge in [0.05, 0.1) is 11.4 Å². The molecule has 0 aliphatic carbocycles. The van der Waals surface area contributed by atoms with Crippen molar-refractivity contribution in [1.29, 1.82) is 0 Å². The molecule has 0 saturated heterocycles. The fourth-order valence-electron chi connectivity index (χ4n) is 1.50. The number of hydrogen-bond acceptors (Lipinski definition) is 5. The van der Waals surface area contributed by atoms with Gasteiger partial charge in [-0.05, 0) is 22.1 Å². The van der Waals surface area contributed by atoms with Gasteiger partial charge < -0.3 is 0 Å². The fraction of sp³-hybridized carbons (Fsp3) is 0.600. The average Bonchev–Trinajstić information content (AvgIpc) is 2.63. The topological polar surface area (TPSA) is 64.7 Å². The van der Waals surface area contributed by atoms with Crippen LogP contribution >= 0.6 is 0 Å². The minimum atomic E-state index is 0.271. The molecule has 0 bridgehead atoms. The molecule has 80 valence electrons. The van der Waals surface area contributed by atoms with Gasteiger partial charge in [0, 0.05) is 0 Å². The van der Waals surface area contributed by atoms with Crippen molar-refractivity contribution in [2.45, 2.75) is 39.5 Å². The molecule has 5 nitrogen and oxygen atoms in total. The summed E-state index contributed by atoms with van der Waals surface area (Å²) in [5.41, 5.74) is 3.17. The molecule has 0 atom stereocenters. The van der Waals surface area contributed by atoms with Gasteiger partial charge in [-0.1, -0.05) is 27.7 Å². The first-order valence-electron chi connectivity index (χ1n) is 5.10. The van der Waals surface area contributed by atoms with E-state index in [1.165, 1.54) is 0 Å². The molecule has 0 amide bonds. The SMILES string of the molecule is CC(C)c1nnc(C(C)C)c2nonc12. The fourth-order valence-corrected chi connectivity index (χ4v) is 1.50. The summed E-state index contributed by atoms with van der Waals surface area (Å²) in [5.74, 6) is 0.543. The standard InChI is InChI=1S/C10H14N4O/c1-5(2)7-9-10(14-15-13-9)8(6(3)4)12-11-7/h5-6H,1-4H3. The first-order chi connectivity index (χ1) is 7.11. The Morgan fingerprint density at radius 1 is 0.800 bits per heavy atom. The Balaban J connectivity index is 2.71. The van der Waals surface area contributed by atoms with Gasteiger partial charge in [-0.2, -0.15) is 10.2 Å². The molecule has 0 radical (unpaired) electrons. The second kappa shape index (κ2) is 3.56. The van der Waals surface area contributed by atoms with E-state index in [1.54, 1.807) is 0 Å². The molecule has 0 N–H and O–H groups in total. The van der Waals surface area contributed by atoms with Gasteiger partial charge in [0.2, 0.25) is 0 Å². The predicted octanol–water partition coefficient (Wildman–Crippen LogP) is 2.26. The third-order valence-electron chi connectivity index (χ3n) is 2.33. The highest BCUT2D eigenvalue weighted by Gasteiger charge is 2.18. The first kappa shape index (κ1) is 10.0. The van der Waals surface area contributed by atoms with Crippen molar-refractivity contribution >= 4 is 11.0 Å². The summed E-state index contributed by atoms with van der Waals surface area (Å²) < 4.78 is 4.77. The summed E-state index contributed by atoms with van der Waals surface area (Å²) in [6.45, 7) is 8.20. The zero-order valence-electron chi connectivity index (χ0n) is 9.35. The number of fused-ring (bicyclic) bond motifs is 1. The molecule has 0 fully saturated rings. The normalized spacial score (nSPS) is 11.9. The van der Waals surface area contributed by atoms with Crippen LogP contribution in [0.2, 0.25) is 0 Å². The molecule has 2 heterocycles. The van der Waals surface area contributed by atoms with Crippen LogP contribution in [-0.4, -0.2) is 20.5 Å². The van der Waals surface area contributed by atoms with Crippen molar-refractivity contribution in [3.05, 3.63) is 11.4 Å². The third kappa shape index (κ3) is 1.58. The Morgan fingerprint density at radius 2 is 1.20 bits per heavy atom. The van der Waals surface area contributed by atoms with Gasteiger partial charge in [0.15, 0.2) is 11.0 Å². The lowest BCUT2D eigenvalue weighted by Gasteiger charge is -2.06. The monoisotopic (exact) mass is 206 g/mol. The van der Waals surface area contributed by atoms with Gasteiger partial charge in [0.25, 0.3) is 0 Å². The molecule has 0 aromatic carbocycles. The molecule has 0 unspecified atom stereocenters. The lowest BCUT2D eigenvalue weighted by atomic mass is 10.1. The molecule has 0 aliphatic rings. The highest BCUT2D eigenvalue weighted by Crippen LogP contribution is 2.25. The largest absolute Gasteiger partial charge is 0.243 e. The van der Waals surface area contributed by atoms with Crippen molar-refractivity contribution in [2.24, 2.45) is 0 Å². The van der Waals surface area contributed by atoms with E-state index in [1.807, 2.05) is 27.7 Å². The van der Waals surface area contributed by atoms with Crippen LogP contribution in [0.15, 0.2) is 4.63 Å². The van der Waals surface area contributed by atoms with Crippen LogP contribution in [0.4, 0.5) is 0 Å². The Labute approximate surface area is 87.8 Å². The number of aromatic nitrogens is 4. The van der Waals surface area contributed by atoms with Gasteiger partial charge in [-0.3, -0.25) is 0 Å². The minimum absolute atomic E-state index is 0.271. The second-order valence-corrected chi connectivity index (χ2v) is 4.24. The maximum absolute atomic E-state index is 4.77. The first-order valence-corrected chi connectivity index (χ1v) is 5.10. The van der Waals surface area contributed by atoms with Gasteiger partial charge in [-0.15, -0.1) is 0 Å². The van der Waals surface area contributed by atoms with Crippen LogP contribution < -0.4 is 0 Å². The summed E-state index contributed by atoms with van der Waals surface area (Å²) in [6, 6.07) is 0. The predicted molar refractivity (Wildman–Crippen MR) is 55.6 cm³/mol. The molecule has 0 saturated carbocycles. The van der Waals surface area contributed by atoms with Crippen molar-refractivity contribution in [3.8, 4) is 0 Å². The Morgan fingerprint density at radius 3 is 1.53 bits per heavy atom. The smallest absolute Gasteiger partial charge is 0.160 e. The van der Waals surface area contributed by atoms with Crippen LogP contribution in [-0.2, 0) is 0 Å². The molecule has 2 aromatic rings. The van der Waals surface area contributed by atoms with Crippen LogP contribution in [0.25, 0.3) is 11.0 Å². The summed E-state index contributed by atoms with van der Waals surface area (Å²) >= 11 is 0. The van der Waals surface area contributed by atoms with Crippen LogP contribution in [0.3, 0.4) is 0 Å². The van der Waals surface area contributed by atoms with E-state index in [-0.39, 0.29) is 11.8 Å². The van der Waals surface area contributed by atoms with Crippen LogP contribution in [0, 0.1) is 0 Å². The van der Waals surface area contributed by atoms with E-state index in [4.69, 9.17) is 4.63 Å². The van der Waals surface area contributed by atoms with Crippen LogP contribution in [0.5, 0.6) is 0 Å². The average molecular weight is 206 g/mol. The molecule has 15 heavy (non-hydrogen) atoms. The van der Waals surface area contributed by atoms with Crippen LogP contribution in [0.1, 0.15) is 50.9 Å². The lowest BCUT2D eigenvalue weighted by molar-refractivity contribution is 0.315. The van der Waals surface area contributed by atoms with Crippen molar-refractivity contribution < 1.29 is 4.63 Å². The Bertz CT molecular complexity index is 433. The molecule has 2 aromatic heterocycles.